The second kappa shape index (κ2) is 10.1. The molecular weight excluding hydrogens is 406 g/mol. The zero-order valence-corrected chi connectivity index (χ0v) is 19.3. The Labute approximate surface area is 196 Å². The van der Waals surface area contributed by atoms with Gasteiger partial charge in [-0.1, -0.05) is 36.4 Å². The predicted octanol–water partition coefficient (Wildman–Crippen LogP) is 5.94. The Morgan fingerprint density at radius 2 is 1.79 bits per heavy atom. The normalized spacial score (nSPS) is 15.1. The second-order valence-corrected chi connectivity index (χ2v) is 9.06. The van der Waals surface area contributed by atoms with E-state index in [1.54, 1.807) is 0 Å². The van der Waals surface area contributed by atoms with E-state index in [1.165, 1.54) is 29.5 Å². The van der Waals surface area contributed by atoms with Crippen LogP contribution in [0.1, 0.15) is 24.1 Å². The van der Waals surface area contributed by atoms with Crippen LogP contribution in [-0.2, 0) is 6.42 Å². The monoisotopic (exact) mass is 437 g/mol. The molecule has 0 aliphatic carbocycles. The summed E-state index contributed by atoms with van der Waals surface area (Å²) in [6, 6.07) is 23.4. The van der Waals surface area contributed by atoms with Crippen molar-refractivity contribution in [1.29, 1.82) is 0 Å². The Morgan fingerprint density at radius 1 is 0.939 bits per heavy atom. The zero-order valence-electron chi connectivity index (χ0n) is 19.3. The van der Waals surface area contributed by atoms with Crippen LogP contribution in [0.25, 0.3) is 22.0 Å². The van der Waals surface area contributed by atoms with E-state index in [1.807, 2.05) is 49.6 Å². The van der Waals surface area contributed by atoms with Gasteiger partial charge in [0.05, 0.1) is 5.52 Å². The number of nitrogens with zero attached hydrogens (tertiary/aromatic N) is 3. The van der Waals surface area contributed by atoms with Gasteiger partial charge in [-0.05, 0) is 92.2 Å². The minimum Gasteiger partial charge on any atom is -0.492 e. The summed E-state index contributed by atoms with van der Waals surface area (Å²) < 4.78 is 6.15. The van der Waals surface area contributed by atoms with E-state index >= 15 is 0 Å². The first-order valence-corrected chi connectivity index (χ1v) is 12.0. The molecule has 4 aromatic rings. The van der Waals surface area contributed by atoms with E-state index < -0.39 is 0 Å². The lowest BCUT2D eigenvalue weighted by Crippen LogP contribution is -2.37. The number of likely N-dealkylation sites (tertiary alicyclic amines) is 1. The fourth-order valence-corrected chi connectivity index (χ4v) is 4.80. The van der Waals surface area contributed by atoms with Crippen LogP contribution in [0.3, 0.4) is 0 Å². The van der Waals surface area contributed by atoms with Crippen molar-refractivity contribution in [1.82, 2.24) is 14.9 Å². The predicted molar refractivity (Wildman–Crippen MR) is 135 cm³/mol. The Kier molecular flexibility index (Phi) is 6.63. The van der Waals surface area contributed by atoms with Crippen molar-refractivity contribution in [3.63, 3.8) is 0 Å². The van der Waals surface area contributed by atoms with Gasteiger partial charge in [0.15, 0.2) is 0 Å². The van der Waals surface area contributed by atoms with Crippen molar-refractivity contribution in [3.8, 4) is 16.9 Å². The van der Waals surface area contributed by atoms with Crippen LogP contribution < -0.4 is 4.74 Å². The number of ether oxygens (including phenoxy) is 1. The van der Waals surface area contributed by atoms with Crippen molar-refractivity contribution in [2.75, 3.05) is 26.2 Å². The summed E-state index contributed by atoms with van der Waals surface area (Å²) in [5.41, 5.74) is 5.91. The van der Waals surface area contributed by atoms with E-state index in [2.05, 4.69) is 51.3 Å². The van der Waals surface area contributed by atoms with Gasteiger partial charge >= 0.3 is 0 Å². The summed E-state index contributed by atoms with van der Waals surface area (Å²) >= 11 is 0. The highest BCUT2D eigenvalue weighted by Crippen LogP contribution is 2.26. The third-order valence-corrected chi connectivity index (χ3v) is 6.65. The van der Waals surface area contributed by atoms with Gasteiger partial charge in [0, 0.05) is 30.0 Å². The first-order chi connectivity index (χ1) is 16.2. The highest BCUT2D eigenvalue weighted by molar-refractivity contribution is 5.85. The summed E-state index contributed by atoms with van der Waals surface area (Å²) in [5.74, 6) is 1.68. The van der Waals surface area contributed by atoms with Gasteiger partial charge in [0.2, 0.25) is 0 Å². The molecule has 3 heterocycles. The fraction of sp³-hybridized carbons (Fsp3) is 0.310. The number of hydrogen-bond acceptors (Lipinski definition) is 4. The van der Waals surface area contributed by atoms with Crippen molar-refractivity contribution >= 4 is 10.9 Å². The minimum atomic E-state index is 0.713. The number of rotatable bonds is 7. The number of aromatic nitrogens is 2. The maximum absolute atomic E-state index is 6.15. The van der Waals surface area contributed by atoms with Crippen molar-refractivity contribution in [3.05, 3.63) is 90.4 Å². The van der Waals surface area contributed by atoms with Gasteiger partial charge in [0.1, 0.15) is 12.4 Å². The Hall–Kier alpha value is -3.24. The lowest BCUT2D eigenvalue weighted by molar-refractivity contribution is 0.155. The van der Waals surface area contributed by atoms with Gasteiger partial charge < -0.3 is 4.74 Å². The molecule has 0 amide bonds. The molecule has 5 rings (SSSR count). The molecule has 33 heavy (non-hydrogen) atoms. The molecule has 0 N–H and O–H groups in total. The summed E-state index contributed by atoms with van der Waals surface area (Å²) in [6.45, 7) is 6.00. The molecule has 4 heteroatoms. The molecule has 0 radical (unpaired) electrons. The molecule has 168 valence electrons. The van der Waals surface area contributed by atoms with Crippen LogP contribution in [-0.4, -0.2) is 41.1 Å². The van der Waals surface area contributed by atoms with E-state index in [4.69, 9.17) is 4.74 Å². The number of fused-ring (bicyclic) bond motifs is 1. The third kappa shape index (κ3) is 5.40. The van der Waals surface area contributed by atoms with E-state index in [9.17, 15) is 0 Å². The Balaban J connectivity index is 1.10. The quantitative estimate of drug-likeness (QED) is 0.359. The van der Waals surface area contributed by atoms with Crippen LogP contribution >= 0.6 is 0 Å². The van der Waals surface area contributed by atoms with Gasteiger partial charge in [-0.2, -0.15) is 0 Å². The first-order valence-electron chi connectivity index (χ1n) is 12.0. The topological polar surface area (TPSA) is 38.2 Å². The van der Waals surface area contributed by atoms with E-state index in [0.29, 0.717) is 6.61 Å². The number of hydrogen-bond donors (Lipinski definition) is 0. The molecule has 1 aliphatic heterocycles. The van der Waals surface area contributed by atoms with Crippen LogP contribution in [0, 0.1) is 12.8 Å². The fourth-order valence-electron chi connectivity index (χ4n) is 4.80. The molecular formula is C29H31N3O. The third-order valence-electron chi connectivity index (χ3n) is 6.65. The number of benzene rings is 2. The van der Waals surface area contributed by atoms with Crippen LogP contribution in [0.15, 0.2) is 79.1 Å². The molecule has 0 saturated carbocycles. The van der Waals surface area contributed by atoms with Gasteiger partial charge in [-0.25, -0.2) is 0 Å². The average molecular weight is 438 g/mol. The summed E-state index contributed by atoms with van der Waals surface area (Å²) in [7, 11) is 0. The Bertz CT molecular complexity index is 1200. The molecule has 2 aromatic carbocycles. The average Bonchev–Trinajstić information content (AvgIpc) is 2.86. The highest BCUT2D eigenvalue weighted by atomic mass is 16.5. The lowest BCUT2D eigenvalue weighted by atomic mass is 9.89. The second-order valence-electron chi connectivity index (χ2n) is 9.06. The molecule has 0 spiro atoms. The Morgan fingerprint density at radius 3 is 2.64 bits per heavy atom. The summed E-state index contributed by atoms with van der Waals surface area (Å²) in [5, 5.41) is 1.09. The van der Waals surface area contributed by atoms with Crippen LogP contribution in [0.5, 0.6) is 5.75 Å². The van der Waals surface area contributed by atoms with Gasteiger partial charge in [0.25, 0.3) is 0 Å². The SMILES string of the molecule is Cc1ccc2c(OCCN3CCC(Cc4cccc(-c5cccnc5)c4)CC3)cccc2n1. The molecule has 1 aliphatic rings. The largest absolute Gasteiger partial charge is 0.492 e. The van der Waals surface area contributed by atoms with Crippen molar-refractivity contribution in [2.24, 2.45) is 5.92 Å². The van der Waals surface area contributed by atoms with Gasteiger partial charge in [-0.3, -0.25) is 14.9 Å². The molecule has 1 fully saturated rings. The lowest BCUT2D eigenvalue weighted by Gasteiger charge is -2.32. The minimum absolute atomic E-state index is 0.713. The van der Waals surface area contributed by atoms with Gasteiger partial charge in [-0.15, -0.1) is 0 Å². The molecule has 0 unspecified atom stereocenters. The smallest absolute Gasteiger partial charge is 0.128 e. The number of pyridine rings is 2. The first kappa shape index (κ1) is 21.6. The zero-order chi connectivity index (χ0) is 22.5. The summed E-state index contributed by atoms with van der Waals surface area (Å²) in [6.07, 6.45) is 7.41. The molecule has 0 bridgehead atoms. The molecule has 1 saturated heterocycles. The van der Waals surface area contributed by atoms with E-state index in [-0.39, 0.29) is 0 Å². The molecule has 2 aromatic heterocycles. The number of piperidine rings is 1. The molecule has 0 atom stereocenters. The van der Waals surface area contributed by atoms with Crippen LogP contribution in [0.4, 0.5) is 0 Å². The molecule has 4 nitrogen and oxygen atoms in total. The van der Waals surface area contributed by atoms with Crippen molar-refractivity contribution < 1.29 is 4.74 Å². The highest BCUT2D eigenvalue weighted by Gasteiger charge is 2.19. The van der Waals surface area contributed by atoms with Crippen molar-refractivity contribution in [2.45, 2.75) is 26.2 Å². The number of aryl methyl sites for hydroxylation is 1. The maximum atomic E-state index is 6.15. The summed E-state index contributed by atoms with van der Waals surface area (Å²) in [4.78, 5) is 11.4. The van der Waals surface area contributed by atoms with E-state index in [0.717, 1.165) is 54.3 Å². The standard InChI is InChI=1S/C29H31N3O/c1-22-10-11-27-28(31-22)8-3-9-29(27)33-18-17-32-15-12-23(13-16-32)19-24-5-2-6-25(20-24)26-7-4-14-30-21-26/h2-11,14,20-21,23H,12-13,15-19H2,1H3. The maximum Gasteiger partial charge on any atom is 0.128 e. The van der Waals surface area contributed by atoms with Crippen LogP contribution in [0.2, 0.25) is 0 Å².